The molecule has 1 amide bonds. The van der Waals surface area contributed by atoms with Crippen LogP contribution in [-0.4, -0.2) is 51.7 Å². The molecule has 33 heavy (non-hydrogen) atoms. The fourth-order valence-corrected chi connectivity index (χ4v) is 4.45. The highest BCUT2D eigenvalue weighted by Gasteiger charge is 2.37. The molecule has 0 spiro atoms. The number of hydrogen-bond donors (Lipinski definition) is 1. The number of imidazole rings is 1. The van der Waals surface area contributed by atoms with E-state index in [-0.39, 0.29) is 11.7 Å². The van der Waals surface area contributed by atoms with Crippen LogP contribution in [0.2, 0.25) is 0 Å². The molecule has 0 aliphatic carbocycles. The second-order valence-electron chi connectivity index (χ2n) is 8.30. The summed E-state index contributed by atoms with van der Waals surface area (Å²) in [7, 11) is 1.85. The largest absolute Gasteiger partial charge is 0.431 e. The average molecular weight is 442 g/mol. The number of rotatable bonds is 3. The number of hydrogen-bond acceptors (Lipinski definition) is 6. The van der Waals surface area contributed by atoms with Crippen LogP contribution in [0.15, 0.2) is 47.5 Å². The number of pyridine rings is 1. The molecule has 0 saturated carbocycles. The first-order chi connectivity index (χ1) is 16.0. The standard InChI is InChI=1S/C23H22N8O2/c1-13-5-4-7-31-18(13)9-17(28-31)21-20-16(25-12-26-20)6-8-30(21)23(32)19-11-24-22(33-19)15-10-27-29(3)14(15)2/h4-5,7,9-12,21H,6,8H2,1-3H3,(H,25,26)/t21-/m1/s1. The molecule has 5 aromatic heterocycles. The number of carbonyl (C=O) groups is 1. The highest BCUT2D eigenvalue weighted by molar-refractivity contribution is 5.92. The third-order valence-corrected chi connectivity index (χ3v) is 6.38. The van der Waals surface area contributed by atoms with Gasteiger partial charge in [0.2, 0.25) is 11.7 Å². The lowest BCUT2D eigenvalue weighted by atomic mass is 9.99. The monoisotopic (exact) mass is 442 g/mol. The van der Waals surface area contributed by atoms with Gasteiger partial charge in [-0.1, -0.05) is 6.07 Å². The predicted molar refractivity (Wildman–Crippen MR) is 119 cm³/mol. The SMILES string of the molecule is Cc1cccn2nc([C@@H]3c4nc[nH]c4CCN3C(=O)c3cnc(-c4cnn(C)c4C)o3)cc12. The van der Waals surface area contributed by atoms with Crippen molar-refractivity contribution < 1.29 is 9.21 Å². The summed E-state index contributed by atoms with van der Waals surface area (Å²) in [6.45, 7) is 4.48. The molecule has 166 valence electrons. The van der Waals surface area contributed by atoms with E-state index in [9.17, 15) is 4.79 Å². The third kappa shape index (κ3) is 2.98. The van der Waals surface area contributed by atoms with Gasteiger partial charge in [-0.3, -0.25) is 9.48 Å². The predicted octanol–water partition coefficient (Wildman–Crippen LogP) is 2.85. The van der Waals surface area contributed by atoms with E-state index < -0.39 is 6.04 Å². The number of aryl methyl sites for hydroxylation is 2. The van der Waals surface area contributed by atoms with Crippen LogP contribution in [0.1, 0.15) is 44.9 Å². The Morgan fingerprint density at radius 3 is 2.91 bits per heavy atom. The molecule has 0 radical (unpaired) electrons. The fourth-order valence-electron chi connectivity index (χ4n) is 4.45. The van der Waals surface area contributed by atoms with Gasteiger partial charge in [0.1, 0.15) is 6.04 Å². The van der Waals surface area contributed by atoms with Gasteiger partial charge in [-0.2, -0.15) is 10.2 Å². The number of carbonyl (C=O) groups excluding carboxylic acids is 1. The summed E-state index contributed by atoms with van der Waals surface area (Å²) in [5.74, 6) is 0.307. The topological polar surface area (TPSA) is 110 Å². The number of aromatic amines is 1. The minimum atomic E-state index is -0.430. The second-order valence-corrected chi connectivity index (χ2v) is 8.30. The van der Waals surface area contributed by atoms with Crippen molar-refractivity contribution in [1.82, 2.24) is 39.2 Å². The fraction of sp³-hybridized carbons (Fsp3) is 0.261. The van der Waals surface area contributed by atoms with Gasteiger partial charge < -0.3 is 14.3 Å². The summed E-state index contributed by atoms with van der Waals surface area (Å²) in [5.41, 5.74) is 6.36. The highest BCUT2D eigenvalue weighted by Crippen LogP contribution is 2.35. The maximum absolute atomic E-state index is 13.6. The van der Waals surface area contributed by atoms with E-state index >= 15 is 0 Å². The van der Waals surface area contributed by atoms with Crippen molar-refractivity contribution in [2.45, 2.75) is 26.3 Å². The van der Waals surface area contributed by atoms with E-state index in [4.69, 9.17) is 9.52 Å². The van der Waals surface area contributed by atoms with Gasteiger partial charge in [-0.15, -0.1) is 0 Å². The van der Waals surface area contributed by atoms with Crippen molar-refractivity contribution in [2.75, 3.05) is 6.54 Å². The molecule has 10 heteroatoms. The zero-order valence-corrected chi connectivity index (χ0v) is 18.5. The minimum absolute atomic E-state index is 0.178. The molecular formula is C23H22N8O2. The number of H-pyrrole nitrogens is 1. The molecule has 0 bridgehead atoms. The maximum Gasteiger partial charge on any atom is 0.292 e. The zero-order chi connectivity index (χ0) is 22.7. The molecule has 0 aromatic carbocycles. The Hall–Kier alpha value is -4.21. The van der Waals surface area contributed by atoms with Gasteiger partial charge >= 0.3 is 0 Å². The molecule has 1 aliphatic rings. The summed E-state index contributed by atoms with van der Waals surface area (Å²) in [5, 5.41) is 9.01. The van der Waals surface area contributed by atoms with E-state index in [1.54, 1.807) is 22.1 Å². The molecule has 5 aromatic rings. The summed E-state index contributed by atoms with van der Waals surface area (Å²) < 4.78 is 9.48. The average Bonchev–Trinajstić information content (AvgIpc) is 3.60. The van der Waals surface area contributed by atoms with Gasteiger partial charge in [-0.25, -0.2) is 14.5 Å². The van der Waals surface area contributed by atoms with E-state index in [2.05, 4.69) is 20.1 Å². The third-order valence-electron chi connectivity index (χ3n) is 6.38. The van der Waals surface area contributed by atoms with Crippen LogP contribution < -0.4 is 0 Å². The smallest absolute Gasteiger partial charge is 0.292 e. The summed E-state index contributed by atoms with van der Waals surface area (Å²) >= 11 is 0. The molecule has 6 rings (SSSR count). The lowest BCUT2D eigenvalue weighted by molar-refractivity contribution is 0.0655. The molecule has 1 aliphatic heterocycles. The van der Waals surface area contributed by atoms with Crippen molar-refractivity contribution in [3.05, 3.63) is 77.2 Å². The summed E-state index contributed by atoms with van der Waals surface area (Å²) in [4.78, 5) is 27.5. The molecule has 10 nitrogen and oxygen atoms in total. The minimum Gasteiger partial charge on any atom is -0.431 e. The maximum atomic E-state index is 13.6. The van der Waals surface area contributed by atoms with Crippen LogP contribution in [-0.2, 0) is 13.5 Å². The first-order valence-electron chi connectivity index (χ1n) is 10.7. The highest BCUT2D eigenvalue weighted by atomic mass is 16.4. The molecule has 0 unspecified atom stereocenters. The van der Waals surface area contributed by atoms with Crippen LogP contribution in [0, 0.1) is 13.8 Å². The number of oxazole rings is 1. The van der Waals surface area contributed by atoms with Crippen LogP contribution in [0.3, 0.4) is 0 Å². The van der Waals surface area contributed by atoms with Gasteiger partial charge in [0.25, 0.3) is 5.91 Å². The number of fused-ring (bicyclic) bond motifs is 2. The number of aromatic nitrogens is 7. The molecule has 1 atom stereocenters. The molecule has 0 saturated heterocycles. The van der Waals surface area contributed by atoms with Crippen molar-refractivity contribution in [1.29, 1.82) is 0 Å². The first kappa shape index (κ1) is 19.5. The Kier molecular flexibility index (Phi) is 4.22. The Morgan fingerprint density at radius 1 is 1.24 bits per heavy atom. The van der Waals surface area contributed by atoms with Crippen molar-refractivity contribution >= 4 is 11.4 Å². The quantitative estimate of drug-likeness (QED) is 0.460. The van der Waals surface area contributed by atoms with Gasteiger partial charge in [0.05, 0.1) is 41.2 Å². The normalized spacial score (nSPS) is 15.8. The lowest BCUT2D eigenvalue weighted by Gasteiger charge is -2.33. The Morgan fingerprint density at radius 2 is 2.12 bits per heavy atom. The van der Waals surface area contributed by atoms with Crippen LogP contribution in [0.4, 0.5) is 0 Å². The van der Waals surface area contributed by atoms with Crippen LogP contribution in [0.5, 0.6) is 0 Å². The number of amides is 1. The van der Waals surface area contributed by atoms with E-state index in [1.807, 2.05) is 49.8 Å². The first-order valence-corrected chi connectivity index (χ1v) is 10.7. The zero-order valence-electron chi connectivity index (χ0n) is 18.5. The lowest BCUT2D eigenvalue weighted by Crippen LogP contribution is -2.40. The Labute approximate surface area is 188 Å². The molecular weight excluding hydrogens is 420 g/mol. The summed E-state index contributed by atoms with van der Waals surface area (Å²) in [6.07, 6.45) is 7.42. The van der Waals surface area contributed by atoms with Gasteiger partial charge in [0, 0.05) is 37.6 Å². The second kappa shape index (κ2) is 7.16. The van der Waals surface area contributed by atoms with Crippen LogP contribution >= 0.6 is 0 Å². The number of nitrogens with one attached hydrogen (secondary N) is 1. The molecule has 1 N–H and O–H groups in total. The molecule has 6 heterocycles. The summed E-state index contributed by atoms with van der Waals surface area (Å²) in [6, 6.07) is 5.59. The van der Waals surface area contributed by atoms with E-state index in [1.165, 1.54) is 6.20 Å². The van der Waals surface area contributed by atoms with E-state index in [0.29, 0.717) is 18.9 Å². The van der Waals surface area contributed by atoms with E-state index in [0.717, 1.165) is 39.4 Å². The van der Waals surface area contributed by atoms with Crippen molar-refractivity contribution in [3.63, 3.8) is 0 Å². The van der Waals surface area contributed by atoms with Crippen LogP contribution in [0.25, 0.3) is 17.0 Å². The van der Waals surface area contributed by atoms with Crippen molar-refractivity contribution in [3.8, 4) is 11.5 Å². The van der Waals surface area contributed by atoms with Gasteiger partial charge in [-0.05, 0) is 31.5 Å². The van der Waals surface area contributed by atoms with Crippen molar-refractivity contribution in [2.24, 2.45) is 7.05 Å². The number of nitrogens with zero attached hydrogens (tertiary/aromatic N) is 7. The Balaban J connectivity index is 1.41. The Bertz CT molecular complexity index is 1500. The molecule has 0 fully saturated rings. The van der Waals surface area contributed by atoms with Gasteiger partial charge in [0.15, 0.2) is 0 Å².